The number of rotatable bonds is 11. The van der Waals surface area contributed by atoms with Gasteiger partial charge in [-0.05, 0) is 78.8 Å². The molecule has 0 heterocycles. The number of phenolic OH excluding ortho intramolecular Hbond substituents is 1. The van der Waals surface area contributed by atoms with Gasteiger partial charge in [0.15, 0.2) is 8.32 Å². The van der Waals surface area contributed by atoms with Crippen LogP contribution >= 0.6 is 0 Å². The molecule has 182 valence electrons. The van der Waals surface area contributed by atoms with Crippen LogP contribution in [0.4, 0.5) is 0 Å². The Hall–Kier alpha value is -1.10. The Kier molecular flexibility index (Phi) is 10.1. The highest BCUT2D eigenvalue weighted by Gasteiger charge is 2.40. The molecule has 1 aromatic rings. The molecule has 0 aliphatic heterocycles. The molecule has 5 atom stereocenters. The molecule has 4 heteroatoms. The van der Waals surface area contributed by atoms with Crippen molar-refractivity contribution in [3.8, 4) is 5.75 Å². The van der Waals surface area contributed by atoms with Crippen molar-refractivity contribution in [3.63, 3.8) is 0 Å². The second kappa shape index (κ2) is 11.9. The Labute approximate surface area is 198 Å². The maximum atomic E-state index is 10.1. The Morgan fingerprint density at radius 2 is 1.94 bits per heavy atom. The normalized spacial score (nSPS) is 25.5. The van der Waals surface area contributed by atoms with Crippen molar-refractivity contribution in [1.82, 2.24) is 0 Å². The van der Waals surface area contributed by atoms with E-state index in [4.69, 9.17) is 4.43 Å². The number of allylic oxidation sites excluding steroid dienone is 1. The lowest BCUT2D eigenvalue weighted by Gasteiger charge is -2.39. The van der Waals surface area contributed by atoms with E-state index in [0.29, 0.717) is 29.4 Å². The fourth-order valence-corrected chi connectivity index (χ4v) is 6.25. The lowest BCUT2D eigenvalue weighted by atomic mass is 9.82. The first-order valence-electron chi connectivity index (χ1n) is 12.7. The van der Waals surface area contributed by atoms with Gasteiger partial charge in [0.1, 0.15) is 5.75 Å². The van der Waals surface area contributed by atoms with Gasteiger partial charge < -0.3 is 14.6 Å². The molecule has 2 N–H and O–H groups in total. The number of aliphatic hydroxyl groups is 1. The quantitative estimate of drug-likeness (QED) is 0.206. The minimum atomic E-state index is -1.85. The number of hydrogen-bond acceptors (Lipinski definition) is 3. The summed E-state index contributed by atoms with van der Waals surface area (Å²) in [4.78, 5) is 0. The summed E-state index contributed by atoms with van der Waals surface area (Å²) in [5.41, 5.74) is 1.15. The Morgan fingerprint density at radius 3 is 2.53 bits per heavy atom. The van der Waals surface area contributed by atoms with E-state index in [9.17, 15) is 10.2 Å². The van der Waals surface area contributed by atoms with Crippen LogP contribution in [0.1, 0.15) is 72.3 Å². The molecule has 0 saturated heterocycles. The Balaban J connectivity index is 2.21. The largest absolute Gasteiger partial charge is 0.508 e. The molecule has 1 aliphatic rings. The third-order valence-electron chi connectivity index (χ3n) is 7.94. The average molecular weight is 461 g/mol. The summed E-state index contributed by atoms with van der Waals surface area (Å²) in [6.07, 6.45) is 11.6. The summed E-state index contributed by atoms with van der Waals surface area (Å²) < 4.78 is 6.84. The second-order valence-corrected chi connectivity index (χ2v) is 16.3. The standard InChI is InChI=1S/C28H48O3Si/c1-8-9-10-14-25(31-32(6,7)28(3,4)5)15-16-26-21(2)17-23(20-29)27(26)19-22-12-11-13-24(30)18-22/h11-13,15-16,18,21,23,25-27,29-30H,8-10,14,17,19-20H2,1-7H3/b16-15+/t21-,23-,25+,26+,27+/m1/s1. The van der Waals surface area contributed by atoms with Gasteiger partial charge in [-0.3, -0.25) is 0 Å². The first-order chi connectivity index (χ1) is 15.0. The van der Waals surface area contributed by atoms with E-state index in [0.717, 1.165) is 24.8 Å². The summed E-state index contributed by atoms with van der Waals surface area (Å²) in [6, 6.07) is 7.60. The number of hydrogen-bond donors (Lipinski definition) is 2. The molecule has 32 heavy (non-hydrogen) atoms. The van der Waals surface area contributed by atoms with Crippen molar-refractivity contribution in [2.75, 3.05) is 6.61 Å². The number of benzene rings is 1. The van der Waals surface area contributed by atoms with E-state index in [2.05, 4.69) is 65.9 Å². The molecule has 0 amide bonds. The number of aliphatic hydroxyl groups excluding tert-OH is 1. The summed E-state index contributed by atoms with van der Waals surface area (Å²) in [5, 5.41) is 20.2. The molecule has 0 spiro atoms. The van der Waals surface area contributed by atoms with Crippen molar-refractivity contribution in [3.05, 3.63) is 42.0 Å². The van der Waals surface area contributed by atoms with Crippen LogP contribution in [-0.4, -0.2) is 31.2 Å². The molecule has 0 aromatic heterocycles. The first-order valence-corrected chi connectivity index (χ1v) is 15.6. The van der Waals surface area contributed by atoms with Gasteiger partial charge in [0, 0.05) is 6.61 Å². The van der Waals surface area contributed by atoms with Gasteiger partial charge in [0.2, 0.25) is 0 Å². The van der Waals surface area contributed by atoms with E-state index in [1.165, 1.54) is 19.3 Å². The topological polar surface area (TPSA) is 49.7 Å². The highest BCUT2D eigenvalue weighted by atomic mass is 28.4. The molecule has 0 unspecified atom stereocenters. The molecule has 1 saturated carbocycles. The summed E-state index contributed by atoms with van der Waals surface area (Å²) in [5.74, 6) is 1.97. The average Bonchev–Trinajstić information content (AvgIpc) is 2.99. The van der Waals surface area contributed by atoms with Crippen LogP contribution in [0.15, 0.2) is 36.4 Å². The van der Waals surface area contributed by atoms with Crippen LogP contribution < -0.4 is 0 Å². The van der Waals surface area contributed by atoms with Gasteiger partial charge in [-0.15, -0.1) is 0 Å². The molecule has 1 aromatic carbocycles. The zero-order valence-corrected chi connectivity index (χ0v) is 22.6. The van der Waals surface area contributed by atoms with Crippen molar-refractivity contribution in [2.45, 2.75) is 97.4 Å². The highest BCUT2D eigenvalue weighted by molar-refractivity contribution is 6.74. The monoisotopic (exact) mass is 460 g/mol. The molecule has 1 aliphatic carbocycles. The maximum absolute atomic E-state index is 10.1. The molecule has 1 fully saturated rings. The minimum absolute atomic E-state index is 0.171. The number of phenols is 1. The van der Waals surface area contributed by atoms with Crippen LogP contribution in [0, 0.1) is 23.7 Å². The van der Waals surface area contributed by atoms with Crippen molar-refractivity contribution in [1.29, 1.82) is 0 Å². The van der Waals surface area contributed by atoms with E-state index in [1.807, 2.05) is 12.1 Å². The van der Waals surface area contributed by atoms with E-state index >= 15 is 0 Å². The summed E-state index contributed by atoms with van der Waals surface area (Å²) in [7, 11) is -1.85. The minimum Gasteiger partial charge on any atom is -0.508 e. The van der Waals surface area contributed by atoms with Crippen LogP contribution in [0.5, 0.6) is 5.75 Å². The maximum Gasteiger partial charge on any atom is 0.192 e. The van der Waals surface area contributed by atoms with Gasteiger partial charge in [-0.25, -0.2) is 0 Å². The molecule has 0 radical (unpaired) electrons. The van der Waals surface area contributed by atoms with Gasteiger partial charge >= 0.3 is 0 Å². The summed E-state index contributed by atoms with van der Waals surface area (Å²) >= 11 is 0. The van der Waals surface area contributed by atoms with Crippen LogP contribution in [-0.2, 0) is 10.8 Å². The molecule has 2 rings (SSSR count). The number of aromatic hydroxyl groups is 1. The third kappa shape index (κ3) is 7.46. The SMILES string of the molecule is CCCCC[C@@H](/C=C/[C@@H]1[C@@H](Cc2cccc(O)c2)[C@@H](CO)C[C@H]1C)O[Si](C)(C)C(C)(C)C. The van der Waals surface area contributed by atoms with Gasteiger partial charge in [0.25, 0.3) is 0 Å². The fourth-order valence-electron chi connectivity index (χ4n) is 4.94. The zero-order chi connectivity index (χ0) is 23.9. The van der Waals surface area contributed by atoms with E-state index in [1.54, 1.807) is 6.07 Å². The van der Waals surface area contributed by atoms with Crippen LogP contribution in [0.2, 0.25) is 18.1 Å². The Bertz CT molecular complexity index is 722. The molecular formula is C28H48O3Si. The second-order valence-electron chi connectivity index (χ2n) is 11.6. The van der Waals surface area contributed by atoms with Crippen molar-refractivity contribution >= 4 is 8.32 Å². The van der Waals surface area contributed by atoms with E-state index < -0.39 is 8.32 Å². The van der Waals surface area contributed by atoms with Crippen LogP contribution in [0.3, 0.4) is 0 Å². The smallest absolute Gasteiger partial charge is 0.192 e. The molecule has 0 bridgehead atoms. The van der Waals surface area contributed by atoms with Gasteiger partial charge in [-0.2, -0.15) is 0 Å². The number of unbranched alkanes of at least 4 members (excludes halogenated alkanes) is 2. The zero-order valence-electron chi connectivity index (χ0n) is 21.6. The summed E-state index contributed by atoms with van der Waals surface area (Å²) in [6.45, 7) is 16.4. The highest BCUT2D eigenvalue weighted by Crippen LogP contribution is 2.44. The van der Waals surface area contributed by atoms with Gasteiger partial charge in [0.05, 0.1) is 6.10 Å². The molecule has 3 nitrogen and oxygen atoms in total. The predicted octanol–water partition coefficient (Wildman–Crippen LogP) is 7.34. The third-order valence-corrected chi connectivity index (χ3v) is 12.4. The van der Waals surface area contributed by atoms with Crippen molar-refractivity contribution < 1.29 is 14.6 Å². The molecular weight excluding hydrogens is 412 g/mol. The van der Waals surface area contributed by atoms with Gasteiger partial charge in [-0.1, -0.05) is 78.2 Å². The predicted molar refractivity (Wildman–Crippen MR) is 138 cm³/mol. The van der Waals surface area contributed by atoms with Crippen LogP contribution in [0.25, 0.3) is 0 Å². The fraction of sp³-hybridized carbons (Fsp3) is 0.714. The first kappa shape index (κ1) is 27.1. The van der Waals surface area contributed by atoms with Crippen molar-refractivity contribution in [2.24, 2.45) is 23.7 Å². The Morgan fingerprint density at radius 1 is 1.22 bits per heavy atom. The van der Waals surface area contributed by atoms with E-state index in [-0.39, 0.29) is 17.7 Å². The lowest BCUT2D eigenvalue weighted by molar-refractivity contribution is 0.184. The lowest BCUT2D eigenvalue weighted by Crippen LogP contribution is -2.43.